The van der Waals surface area contributed by atoms with Gasteiger partial charge in [-0.2, -0.15) is 13.7 Å². The van der Waals surface area contributed by atoms with Crippen LogP contribution < -0.4 is 5.43 Å². The Morgan fingerprint density at radius 2 is 1.49 bits per heavy atom. The molecule has 0 spiro atoms. The van der Waals surface area contributed by atoms with Crippen molar-refractivity contribution in [3.63, 3.8) is 0 Å². The molecule has 0 radical (unpaired) electrons. The lowest BCUT2D eigenvalue weighted by atomic mass is 10.2. The van der Waals surface area contributed by atoms with Gasteiger partial charge in [-0.1, -0.05) is 54.1 Å². The largest absolute Gasteiger partial charge is 0.318 e. The highest BCUT2D eigenvalue weighted by Crippen LogP contribution is 2.26. The van der Waals surface area contributed by atoms with E-state index in [0.29, 0.717) is 5.02 Å². The molecule has 0 bridgehead atoms. The van der Waals surface area contributed by atoms with Crippen molar-refractivity contribution in [3.05, 3.63) is 113 Å². The van der Waals surface area contributed by atoms with Gasteiger partial charge in [-0.15, -0.1) is 0 Å². The van der Waals surface area contributed by atoms with Crippen LogP contribution in [0.3, 0.4) is 0 Å². The standard InChI is InChI=1S/C30H30ClN5O5S2/c1-22-18-24(23(2)36(22)26-11-9-10-25(31)19-26)20-32-33-30(37)29-21-34(42(38,39)27-12-5-3-6-13-27)16-17-35(29)43(40,41)28-14-7-4-8-15-28/h3-15,18-20,29H,16-17,21H2,1-2H3,(H,33,37)/b32-20-/t29-/m0/s1. The smallest absolute Gasteiger partial charge is 0.259 e. The molecule has 0 saturated carbocycles. The number of aryl methyl sites for hydroxylation is 1. The first kappa shape index (κ1) is 30.6. The monoisotopic (exact) mass is 639 g/mol. The van der Waals surface area contributed by atoms with E-state index in [9.17, 15) is 21.6 Å². The Labute approximate surface area is 256 Å². The van der Waals surface area contributed by atoms with Gasteiger partial charge in [-0.05, 0) is 62.4 Å². The summed E-state index contributed by atoms with van der Waals surface area (Å²) in [4.78, 5) is 13.6. The lowest BCUT2D eigenvalue weighted by molar-refractivity contribution is -0.125. The van der Waals surface area contributed by atoms with Crippen molar-refractivity contribution in [3.8, 4) is 5.69 Å². The number of piperazine rings is 1. The number of amides is 1. The van der Waals surface area contributed by atoms with Crippen LogP contribution in [-0.2, 0) is 24.8 Å². The topological polar surface area (TPSA) is 121 Å². The first-order chi connectivity index (χ1) is 20.5. The Kier molecular flexibility index (Phi) is 8.86. The summed E-state index contributed by atoms with van der Waals surface area (Å²) in [5, 5.41) is 4.72. The van der Waals surface area contributed by atoms with E-state index in [1.165, 1.54) is 30.5 Å². The summed E-state index contributed by atoms with van der Waals surface area (Å²) < 4.78 is 58.1. The van der Waals surface area contributed by atoms with Crippen molar-refractivity contribution < 1.29 is 21.6 Å². The van der Waals surface area contributed by atoms with Crippen LogP contribution in [0.4, 0.5) is 0 Å². The van der Waals surface area contributed by atoms with E-state index in [-0.39, 0.29) is 29.4 Å². The molecule has 13 heteroatoms. The van der Waals surface area contributed by atoms with E-state index < -0.39 is 32.0 Å². The van der Waals surface area contributed by atoms with E-state index in [4.69, 9.17) is 11.6 Å². The zero-order valence-corrected chi connectivity index (χ0v) is 25.8. The summed E-state index contributed by atoms with van der Waals surface area (Å²) >= 11 is 6.18. The number of carbonyl (C=O) groups is 1. The molecule has 0 unspecified atom stereocenters. The highest BCUT2D eigenvalue weighted by molar-refractivity contribution is 7.89. The first-order valence-corrected chi connectivity index (χ1v) is 16.7. The number of nitrogens with one attached hydrogen (secondary N) is 1. The number of hydrazone groups is 1. The van der Waals surface area contributed by atoms with Crippen LogP contribution in [0.2, 0.25) is 5.02 Å². The number of hydrogen-bond donors (Lipinski definition) is 1. The van der Waals surface area contributed by atoms with Crippen molar-refractivity contribution in [2.75, 3.05) is 19.6 Å². The molecule has 224 valence electrons. The zero-order chi connectivity index (χ0) is 30.8. The molecule has 2 heterocycles. The predicted octanol–water partition coefficient (Wildman–Crippen LogP) is 3.96. The van der Waals surface area contributed by atoms with E-state index in [0.717, 1.165) is 31.2 Å². The Balaban J connectivity index is 1.42. The van der Waals surface area contributed by atoms with E-state index in [1.54, 1.807) is 42.5 Å². The number of sulfonamides is 2. The molecule has 1 atom stereocenters. The van der Waals surface area contributed by atoms with Crippen molar-refractivity contribution in [2.24, 2.45) is 5.10 Å². The number of aromatic nitrogens is 1. The van der Waals surface area contributed by atoms with Crippen LogP contribution in [0, 0.1) is 13.8 Å². The molecule has 1 aromatic heterocycles. The minimum atomic E-state index is -4.13. The molecule has 1 aliphatic rings. The first-order valence-electron chi connectivity index (χ1n) is 13.4. The Bertz CT molecular complexity index is 1880. The molecule has 1 N–H and O–H groups in total. The van der Waals surface area contributed by atoms with Crippen LogP contribution in [0.1, 0.15) is 17.0 Å². The maximum absolute atomic E-state index is 13.6. The third-order valence-electron chi connectivity index (χ3n) is 7.24. The highest BCUT2D eigenvalue weighted by Gasteiger charge is 2.43. The molecule has 1 amide bonds. The fourth-order valence-electron chi connectivity index (χ4n) is 5.10. The average molecular weight is 640 g/mol. The number of carbonyl (C=O) groups excluding carboxylic acids is 1. The number of nitrogens with zero attached hydrogens (tertiary/aromatic N) is 4. The molecule has 1 fully saturated rings. The highest BCUT2D eigenvalue weighted by atomic mass is 35.5. The third kappa shape index (κ3) is 6.29. The van der Waals surface area contributed by atoms with Gasteiger partial charge in [0.25, 0.3) is 5.91 Å². The quantitative estimate of drug-likeness (QED) is 0.231. The van der Waals surface area contributed by atoms with E-state index in [1.807, 2.05) is 42.7 Å². The molecular weight excluding hydrogens is 610 g/mol. The van der Waals surface area contributed by atoms with Crippen molar-refractivity contribution in [2.45, 2.75) is 29.7 Å². The molecule has 4 aromatic rings. The second-order valence-electron chi connectivity index (χ2n) is 10.00. The molecule has 10 nitrogen and oxygen atoms in total. The molecule has 1 aliphatic heterocycles. The van der Waals surface area contributed by atoms with Crippen LogP contribution in [0.5, 0.6) is 0 Å². The molecule has 43 heavy (non-hydrogen) atoms. The van der Waals surface area contributed by atoms with Gasteiger partial charge < -0.3 is 4.57 Å². The van der Waals surface area contributed by atoms with Crippen molar-refractivity contribution in [1.82, 2.24) is 18.6 Å². The molecule has 3 aromatic carbocycles. The van der Waals surface area contributed by atoms with E-state index >= 15 is 0 Å². The van der Waals surface area contributed by atoms with Gasteiger partial charge in [0.15, 0.2) is 0 Å². The molecule has 0 aliphatic carbocycles. The number of hydrogen-bond acceptors (Lipinski definition) is 6. The second-order valence-corrected chi connectivity index (χ2v) is 14.3. The van der Waals surface area contributed by atoms with Crippen LogP contribution in [0.25, 0.3) is 5.69 Å². The van der Waals surface area contributed by atoms with Crippen LogP contribution in [-0.4, -0.2) is 67.8 Å². The normalized spacial score (nSPS) is 16.9. The second kappa shape index (κ2) is 12.4. The van der Waals surface area contributed by atoms with Gasteiger partial charge in [0, 0.05) is 47.3 Å². The van der Waals surface area contributed by atoms with Crippen LogP contribution in [0.15, 0.2) is 106 Å². The van der Waals surface area contributed by atoms with Gasteiger partial charge in [-0.3, -0.25) is 4.79 Å². The summed E-state index contributed by atoms with van der Waals surface area (Å²) in [6.07, 6.45) is 1.47. The fourth-order valence-corrected chi connectivity index (χ4v) is 8.34. The number of benzene rings is 3. The van der Waals surface area contributed by atoms with Gasteiger partial charge in [0.05, 0.1) is 16.0 Å². The van der Waals surface area contributed by atoms with Crippen molar-refractivity contribution >= 4 is 43.8 Å². The summed E-state index contributed by atoms with van der Waals surface area (Å²) in [5.74, 6) is -0.757. The van der Waals surface area contributed by atoms with Gasteiger partial charge in [0.1, 0.15) is 6.04 Å². The average Bonchev–Trinajstić information content (AvgIpc) is 3.29. The molecular formula is C30H30ClN5O5S2. The maximum Gasteiger partial charge on any atom is 0.259 e. The summed E-state index contributed by atoms with van der Waals surface area (Å²) in [7, 11) is -8.11. The minimum absolute atomic E-state index is 0.00382. The summed E-state index contributed by atoms with van der Waals surface area (Å²) in [6, 6.07) is 23.5. The minimum Gasteiger partial charge on any atom is -0.318 e. The van der Waals surface area contributed by atoms with Gasteiger partial charge in [-0.25, -0.2) is 22.3 Å². The lowest BCUT2D eigenvalue weighted by Crippen LogP contribution is -2.60. The fraction of sp³-hybridized carbons (Fsp3) is 0.200. The zero-order valence-electron chi connectivity index (χ0n) is 23.5. The SMILES string of the molecule is Cc1cc(/C=N\NC(=O)[C@@H]2CN(S(=O)(=O)c3ccccc3)CCN2S(=O)(=O)c2ccccc2)c(C)n1-c1cccc(Cl)c1. The summed E-state index contributed by atoms with van der Waals surface area (Å²) in [6.45, 7) is 3.12. The predicted molar refractivity (Wildman–Crippen MR) is 165 cm³/mol. The Morgan fingerprint density at radius 3 is 2.12 bits per heavy atom. The van der Waals surface area contributed by atoms with E-state index in [2.05, 4.69) is 10.5 Å². The van der Waals surface area contributed by atoms with Gasteiger partial charge >= 0.3 is 0 Å². The Hall–Kier alpha value is -3.81. The van der Waals surface area contributed by atoms with Crippen molar-refractivity contribution in [1.29, 1.82) is 0 Å². The lowest BCUT2D eigenvalue weighted by Gasteiger charge is -2.38. The maximum atomic E-state index is 13.6. The molecule has 1 saturated heterocycles. The third-order valence-corrected chi connectivity index (χ3v) is 11.3. The van der Waals surface area contributed by atoms with Gasteiger partial charge in [0.2, 0.25) is 20.0 Å². The number of rotatable bonds is 8. The van der Waals surface area contributed by atoms with Crippen LogP contribution >= 0.6 is 11.6 Å². The Morgan fingerprint density at radius 1 is 0.860 bits per heavy atom. The number of halogens is 1. The molecule has 5 rings (SSSR count). The summed E-state index contributed by atoms with van der Waals surface area (Å²) in [5.41, 5.74) is 5.81.